The Bertz CT molecular complexity index is 932. The summed E-state index contributed by atoms with van der Waals surface area (Å²) >= 11 is 0. The first-order valence-corrected chi connectivity index (χ1v) is 7.33. The van der Waals surface area contributed by atoms with Crippen LogP contribution in [0.1, 0.15) is 11.1 Å². The van der Waals surface area contributed by atoms with E-state index in [4.69, 9.17) is 4.74 Å². The van der Waals surface area contributed by atoms with Crippen LogP contribution in [-0.4, -0.2) is 7.11 Å². The Labute approximate surface area is 134 Å². The molecule has 0 aromatic heterocycles. The van der Waals surface area contributed by atoms with Gasteiger partial charge in [0.1, 0.15) is 11.4 Å². The molecule has 1 N–H and O–H groups in total. The Balaban J connectivity index is 2.04. The molecule has 23 heavy (non-hydrogen) atoms. The van der Waals surface area contributed by atoms with Gasteiger partial charge in [0, 0.05) is 0 Å². The number of methoxy groups -OCH3 is 1. The van der Waals surface area contributed by atoms with E-state index in [0.29, 0.717) is 22.7 Å². The fraction of sp³-hybridized carbons (Fsp3) is 0.158. The van der Waals surface area contributed by atoms with Gasteiger partial charge in [-0.1, -0.05) is 35.9 Å². The third kappa shape index (κ3) is 2.63. The number of rotatable bonds is 4. The average molecular weight is 307 g/mol. The Morgan fingerprint density at radius 3 is 2.17 bits per heavy atom. The first-order valence-electron chi connectivity index (χ1n) is 7.33. The van der Waals surface area contributed by atoms with E-state index >= 15 is 0 Å². The zero-order valence-electron chi connectivity index (χ0n) is 13.3. The van der Waals surface area contributed by atoms with Crippen LogP contribution in [-0.2, 0) is 0 Å². The standard InChI is InChI=1S/C19H17NO3/c1-11-4-7-13(8-5-11)16-17(19(22)18(16)21)20-14-10-12(2)6-9-15(14)23-3/h4-10,20H,1-3H3. The maximum Gasteiger partial charge on any atom is 0.250 e. The molecule has 0 saturated heterocycles. The zero-order valence-corrected chi connectivity index (χ0v) is 13.3. The van der Waals surface area contributed by atoms with E-state index in [2.05, 4.69) is 5.32 Å². The van der Waals surface area contributed by atoms with Gasteiger partial charge in [-0.3, -0.25) is 9.59 Å². The molecule has 116 valence electrons. The number of anilines is 2. The third-order valence-corrected chi connectivity index (χ3v) is 3.87. The van der Waals surface area contributed by atoms with Gasteiger partial charge < -0.3 is 10.1 Å². The van der Waals surface area contributed by atoms with Crippen molar-refractivity contribution in [3.8, 4) is 16.9 Å². The van der Waals surface area contributed by atoms with Gasteiger partial charge in [0.25, 0.3) is 5.43 Å². The second-order valence-corrected chi connectivity index (χ2v) is 5.60. The lowest BCUT2D eigenvalue weighted by Gasteiger charge is -2.16. The molecule has 0 bridgehead atoms. The van der Waals surface area contributed by atoms with E-state index in [1.165, 1.54) is 0 Å². The summed E-state index contributed by atoms with van der Waals surface area (Å²) in [5.41, 5.74) is 3.35. The molecule has 0 saturated carbocycles. The van der Waals surface area contributed by atoms with E-state index in [9.17, 15) is 9.59 Å². The van der Waals surface area contributed by atoms with Crippen molar-refractivity contribution < 1.29 is 4.74 Å². The van der Waals surface area contributed by atoms with E-state index < -0.39 is 10.9 Å². The van der Waals surface area contributed by atoms with Crippen LogP contribution in [0.15, 0.2) is 52.1 Å². The van der Waals surface area contributed by atoms with Gasteiger partial charge in [-0.25, -0.2) is 0 Å². The van der Waals surface area contributed by atoms with Gasteiger partial charge in [0.15, 0.2) is 0 Å². The fourth-order valence-corrected chi connectivity index (χ4v) is 2.56. The molecule has 0 atom stereocenters. The highest BCUT2D eigenvalue weighted by Gasteiger charge is 2.23. The molecule has 0 unspecified atom stereocenters. The van der Waals surface area contributed by atoms with Gasteiger partial charge >= 0.3 is 0 Å². The second-order valence-electron chi connectivity index (χ2n) is 5.60. The molecule has 4 nitrogen and oxygen atoms in total. The van der Waals surface area contributed by atoms with Crippen LogP contribution in [0.5, 0.6) is 5.75 Å². The molecule has 3 aromatic rings. The molecule has 4 heteroatoms. The van der Waals surface area contributed by atoms with Crippen LogP contribution >= 0.6 is 0 Å². The normalized spacial score (nSPS) is 10.7. The first-order chi connectivity index (χ1) is 11.0. The average Bonchev–Trinajstić information content (AvgIpc) is 2.56. The number of aryl methyl sites for hydroxylation is 2. The molecular formula is C19H17NO3. The minimum absolute atomic E-state index is 0.322. The monoisotopic (exact) mass is 307 g/mol. The molecule has 0 radical (unpaired) electrons. The van der Waals surface area contributed by atoms with Crippen LogP contribution in [0, 0.1) is 13.8 Å². The number of hydrogen-bond donors (Lipinski definition) is 1. The number of nitrogens with one attached hydrogen (secondary N) is 1. The van der Waals surface area contributed by atoms with Crippen molar-refractivity contribution in [2.45, 2.75) is 13.8 Å². The van der Waals surface area contributed by atoms with E-state index in [1.54, 1.807) is 7.11 Å². The highest BCUT2D eigenvalue weighted by molar-refractivity contribution is 5.85. The molecule has 0 aliphatic rings. The van der Waals surface area contributed by atoms with Gasteiger partial charge in [0.05, 0.1) is 18.4 Å². The summed E-state index contributed by atoms with van der Waals surface area (Å²) in [6.45, 7) is 3.93. The molecule has 0 amide bonds. The Hall–Kier alpha value is -2.88. The molecule has 3 aromatic carbocycles. The lowest BCUT2D eigenvalue weighted by Crippen LogP contribution is -2.35. The smallest absolute Gasteiger partial charge is 0.250 e. The maximum atomic E-state index is 12.0. The summed E-state index contributed by atoms with van der Waals surface area (Å²) in [6.07, 6.45) is 0. The number of hydrogen-bond acceptors (Lipinski definition) is 4. The van der Waals surface area contributed by atoms with Crippen LogP contribution in [0.2, 0.25) is 0 Å². The van der Waals surface area contributed by atoms with E-state index in [0.717, 1.165) is 16.7 Å². The van der Waals surface area contributed by atoms with Crippen molar-refractivity contribution >= 4 is 11.4 Å². The highest BCUT2D eigenvalue weighted by Crippen LogP contribution is 2.31. The topological polar surface area (TPSA) is 55.4 Å². The minimum Gasteiger partial charge on any atom is -0.495 e. The predicted molar refractivity (Wildman–Crippen MR) is 92.5 cm³/mol. The Kier molecular flexibility index (Phi) is 3.74. The van der Waals surface area contributed by atoms with Crippen molar-refractivity contribution in [2.24, 2.45) is 0 Å². The van der Waals surface area contributed by atoms with Crippen molar-refractivity contribution in [3.05, 3.63) is 74.0 Å². The molecular weight excluding hydrogens is 290 g/mol. The van der Waals surface area contributed by atoms with Crippen molar-refractivity contribution in [1.82, 2.24) is 0 Å². The van der Waals surface area contributed by atoms with Crippen molar-refractivity contribution in [1.29, 1.82) is 0 Å². The Morgan fingerprint density at radius 1 is 0.870 bits per heavy atom. The molecule has 0 fully saturated rings. The largest absolute Gasteiger partial charge is 0.495 e. The number of ether oxygens (including phenoxy) is 1. The van der Waals surface area contributed by atoms with Crippen LogP contribution in [0.4, 0.5) is 11.4 Å². The summed E-state index contributed by atoms with van der Waals surface area (Å²) in [6, 6.07) is 13.2. The summed E-state index contributed by atoms with van der Waals surface area (Å²) in [5.74, 6) is 0.624. The number of benzene rings is 2. The van der Waals surface area contributed by atoms with Crippen LogP contribution in [0.3, 0.4) is 0 Å². The summed E-state index contributed by atoms with van der Waals surface area (Å²) in [4.78, 5) is 24.0. The quantitative estimate of drug-likeness (QED) is 0.751. The first kappa shape index (κ1) is 15.0. The third-order valence-electron chi connectivity index (χ3n) is 3.87. The second kappa shape index (κ2) is 5.72. The lowest BCUT2D eigenvalue weighted by atomic mass is 9.97. The Morgan fingerprint density at radius 2 is 1.52 bits per heavy atom. The highest BCUT2D eigenvalue weighted by atomic mass is 16.5. The van der Waals surface area contributed by atoms with Crippen LogP contribution in [0.25, 0.3) is 11.1 Å². The van der Waals surface area contributed by atoms with Crippen LogP contribution < -0.4 is 20.9 Å². The minimum atomic E-state index is -0.496. The predicted octanol–water partition coefficient (Wildman–Crippen LogP) is 3.32. The molecule has 0 aliphatic heterocycles. The van der Waals surface area contributed by atoms with Gasteiger partial charge in [0.2, 0.25) is 5.43 Å². The molecule has 0 spiro atoms. The molecule has 0 heterocycles. The molecule has 3 rings (SSSR count). The van der Waals surface area contributed by atoms with Gasteiger partial charge in [-0.2, -0.15) is 0 Å². The van der Waals surface area contributed by atoms with Gasteiger partial charge in [-0.05, 0) is 37.1 Å². The van der Waals surface area contributed by atoms with Crippen molar-refractivity contribution in [3.63, 3.8) is 0 Å². The fourth-order valence-electron chi connectivity index (χ4n) is 2.56. The zero-order chi connectivity index (χ0) is 16.6. The van der Waals surface area contributed by atoms with Gasteiger partial charge in [-0.15, -0.1) is 0 Å². The van der Waals surface area contributed by atoms with E-state index in [-0.39, 0.29) is 0 Å². The van der Waals surface area contributed by atoms with E-state index in [1.807, 2.05) is 56.3 Å². The molecule has 0 aliphatic carbocycles. The lowest BCUT2D eigenvalue weighted by molar-refractivity contribution is 0.416. The SMILES string of the molecule is COc1ccc(C)cc1Nc1c(-c2ccc(C)cc2)c(=O)c1=O. The summed E-state index contributed by atoms with van der Waals surface area (Å²) < 4.78 is 5.31. The maximum absolute atomic E-state index is 12.0. The summed E-state index contributed by atoms with van der Waals surface area (Å²) in [5, 5.41) is 3.07. The van der Waals surface area contributed by atoms with Crippen molar-refractivity contribution in [2.75, 3.05) is 12.4 Å². The summed E-state index contributed by atoms with van der Waals surface area (Å²) in [7, 11) is 1.57.